The molecule has 0 saturated heterocycles. The van der Waals surface area contributed by atoms with Crippen LogP contribution in [0.25, 0.3) is 6.08 Å². The summed E-state index contributed by atoms with van der Waals surface area (Å²) in [7, 11) is 0. The number of rotatable bonds is 12. The first-order valence-electron chi connectivity index (χ1n) is 12.3. The Morgan fingerprint density at radius 1 is 0.811 bits per heavy atom. The number of aliphatic imine (C=N–C) groups is 1. The van der Waals surface area contributed by atoms with Crippen LogP contribution in [0.4, 0.5) is 0 Å². The number of ether oxygens (including phenoxy) is 5. The predicted molar refractivity (Wildman–Crippen MR) is 142 cm³/mol. The van der Waals surface area contributed by atoms with E-state index in [-0.39, 0.29) is 5.70 Å². The molecule has 1 aliphatic rings. The zero-order chi connectivity index (χ0) is 26.0. The van der Waals surface area contributed by atoms with E-state index in [4.69, 9.17) is 23.7 Å². The third-order valence-corrected chi connectivity index (χ3v) is 5.67. The summed E-state index contributed by atoms with van der Waals surface area (Å²) >= 11 is 0. The van der Waals surface area contributed by atoms with Gasteiger partial charge in [0.15, 0.2) is 17.2 Å². The Morgan fingerprint density at radius 2 is 1.59 bits per heavy atom. The number of aryl methyl sites for hydroxylation is 2. The van der Waals surface area contributed by atoms with Crippen molar-refractivity contribution in [3.05, 3.63) is 94.7 Å². The van der Waals surface area contributed by atoms with Gasteiger partial charge in [-0.15, -0.1) is 0 Å². The normalized spacial score (nSPS) is 13.9. The average molecular weight is 502 g/mol. The molecule has 7 heteroatoms. The first-order valence-corrected chi connectivity index (χ1v) is 12.3. The van der Waals surface area contributed by atoms with Crippen LogP contribution in [0.5, 0.6) is 17.2 Å². The van der Waals surface area contributed by atoms with E-state index < -0.39 is 5.97 Å². The van der Waals surface area contributed by atoms with E-state index in [1.54, 1.807) is 6.08 Å². The smallest absolute Gasteiger partial charge is 0.363 e. The van der Waals surface area contributed by atoms with Gasteiger partial charge in [0.2, 0.25) is 5.90 Å². The molecule has 192 valence electrons. The fourth-order valence-corrected chi connectivity index (χ4v) is 3.61. The van der Waals surface area contributed by atoms with Crippen molar-refractivity contribution in [2.45, 2.75) is 20.8 Å². The van der Waals surface area contributed by atoms with E-state index in [0.717, 1.165) is 16.9 Å². The van der Waals surface area contributed by atoms with E-state index >= 15 is 0 Å². The predicted octanol–water partition coefficient (Wildman–Crippen LogP) is 5.52. The Balaban J connectivity index is 1.29. The molecule has 3 aromatic rings. The van der Waals surface area contributed by atoms with Crippen LogP contribution in [-0.2, 0) is 14.3 Å². The van der Waals surface area contributed by atoms with Gasteiger partial charge in [0.05, 0.1) is 19.8 Å². The summed E-state index contributed by atoms with van der Waals surface area (Å²) in [5.41, 5.74) is 4.17. The molecule has 0 bridgehead atoms. The fraction of sp³-hybridized carbons (Fsp3) is 0.267. The van der Waals surface area contributed by atoms with Crippen molar-refractivity contribution in [2.24, 2.45) is 4.99 Å². The number of hydrogen-bond acceptors (Lipinski definition) is 7. The topological polar surface area (TPSA) is 75.6 Å². The van der Waals surface area contributed by atoms with Gasteiger partial charge in [-0.05, 0) is 79.9 Å². The maximum atomic E-state index is 12.3. The Labute approximate surface area is 217 Å². The minimum Gasteiger partial charge on any atom is -0.491 e. The van der Waals surface area contributed by atoms with Crippen LogP contribution in [0.15, 0.2) is 77.4 Å². The largest absolute Gasteiger partial charge is 0.491 e. The SMILES string of the molecule is CCOc1cc(/C=C2/N=C(c3ccccc3)OC2=O)ccc1OCCOCCOc1ccc(C)c(C)c1. The lowest BCUT2D eigenvalue weighted by Crippen LogP contribution is -2.12. The molecule has 0 aromatic heterocycles. The molecule has 37 heavy (non-hydrogen) atoms. The fourth-order valence-electron chi connectivity index (χ4n) is 3.61. The summed E-state index contributed by atoms with van der Waals surface area (Å²) in [5.74, 6) is 1.82. The Bertz CT molecular complexity index is 1280. The van der Waals surface area contributed by atoms with E-state index in [2.05, 4.69) is 18.8 Å². The van der Waals surface area contributed by atoms with Crippen LogP contribution in [-0.4, -0.2) is 44.9 Å². The van der Waals surface area contributed by atoms with Crippen molar-refractivity contribution in [1.82, 2.24) is 0 Å². The average Bonchev–Trinajstić information content (AvgIpc) is 3.27. The minimum atomic E-state index is -0.490. The molecule has 4 rings (SSSR count). The van der Waals surface area contributed by atoms with Gasteiger partial charge in [-0.2, -0.15) is 0 Å². The van der Waals surface area contributed by atoms with Gasteiger partial charge in [0.1, 0.15) is 19.0 Å². The lowest BCUT2D eigenvalue weighted by atomic mass is 10.1. The third-order valence-electron chi connectivity index (χ3n) is 5.67. The summed E-state index contributed by atoms with van der Waals surface area (Å²) < 4.78 is 28.3. The molecule has 0 unspecified atom stereocenters. The van der Waals surface area contributed by atoms with Gasteiger partial charge >= 0.3 is 5.97 Å². The van der Waals surface area contributed by atoms with Crippen molar-refractivity contribution in [3.63, 3.8) is 0 Å². The molecule has 0 atom stereocenters. The second-order valence-electron chi connectivity index (χ2n) is 8.40. The summed E-state index contributed by atoms with van der Waals surface area (Å²) in [6.45, 7) is 8.21. The van der Waals surface area contributed by atoms with Crippen molar-refractivity contribution >= 4 is 17.9 Å². The highest BCUT2D eigenvalue weighted by Gasteiger charge is 2.24. The van der Waals surface area contributed by atoms with Gasteiger partial charge in [-0.3, -0.25) is 0 Å². The maximum absolute atomic E-state index is 12.3. The van der Waals surface area contributed by atoms with Gasteiger partial charge in [0.25, 0.3) is 0 Å². The molecule has 7 nitrogen and oxygen atoms in total. The highest BCUT2D eigenvalue weighted by atomic mass is 16.6. The standard InChI is InChI=1S/C30H31NO6/c1-4-34-28-20-23(19-26-30(32)37-29(31-26)24-8-6-5-7-9-24)11-13-27(28)36-17-15-33-14-16-35-25-12-10-21(2)22(3)18-25/h5-13,18-20H,4,14-17H2,1-3H3/b26-19+. The summed E-state index contributed by atoms with van der Waals surface area (Å²) in [4.78, 5) is 16.7. The highest BCUT2D eigenvalue weighted by Crippen LogP contribution is 2.30. The molecule has 1 heterocycles. The van der Waals surface area contributed by atoms with Crippen molar-refractivity contribution < 1.29 is 28.5 Å². The van der Waals surface area contributed by atoms with Crippen molar-refractivity contribution in [1.29, 1.82) is 0 Å². The van der Waals surface area contributed by atoms with E-state index in [1.165, 1.54) is 11.1 Å². The molecular formula is C30H31NO6. The van der Waals surface area contributed by atoms with Crippen LogP contribution >= 0.6 is 0 Å². The Kier molecular flexibility index (Phi) is 8.94. The van der Waals surface area contributed by atoms with E-state index in [9.17, 15) is 4.79 Å². The van der Waals surface area contributed by atoms with Gasteiger partial charge < -0.3 is 23.7 Å². The minimum absolute atomic E-state index is 0.228. The molecule has 0 N–H and O–H groups in total. The molecule has 0 amide bonds. The van der Waals surface area contributed by atoms with E-state index in [0.29, 0.717) is 50.4 Å². The van der Waals surface area contributed by atoms with Crippen molar-refractivity contribution in [2.75, 3.05) is 33.0 Å². The van der Waals surface area contributed by atoms with E-state index in [1.807, 2.05) is 73.7 Å². The Morgan fingerprint density at radius 3 is 2.35 bits per heavy atom. The Hall–Kier alpha value is -4.10. The molecule has 0 saturated carbocycles. The molecule has 1 aliphatic heterocycles. The summed E-state index contributed by atoms with van der Waals surface area (Å²) in [6, 6.07) is 20.8. The van der Waals surface area contributed by atoms with Crippen LogP contribution in [0.1, 0.15) is 29.2 Å². The number of nitrogens with zero attached hydrogens (tertiary/aromatic N) is 1. The summed E-state index contributed by atoms with van der Waals surface area (Å²) in [6.07, 6.45) is 1.67. The van der Waals surface area contributed by atoms with Crippen LogP contribution in [0.3, 0.4) is 0 Å². The second-order valence-corrected chi connectivity index (χ2v) is 8.40. The van der Waals surface area contributed by atoms with Crippen LogP contribution in [0.2, 0.25) is 0 Å². The van der Waals surface area contributed by atoms with Crippen molar-refractivity contribution in [3.8, 4) is 17.2 Å². The second kappa shape index (κ2) is 12.7. The number of carbonyl (C=O) groups is 1. The maximum Gasteiger partial charge on any atom is 0.363 e. The molecule has 0 radical (unpaired) electrons. The quantitative estimate of drug-likeness (QED) is 0.185. The lowest BCUT2D eigenvalue weighted by Gasteiger charge is -2.13. The number of benzene rings is 3. The van der Waals surface area contributed by atoms with Crippen LogP contribution < -0.4 is 14.2 Å². The number of cyclic esters (lactones) is 1. The van der Waals surface area contributed by atoms with Gasteiger partial charge in [0, 0.05) is 5.56 Å². The highest BCUT2D eigenvalue weighted by molar-refractivity contribution is 6.12. The zero-order valence-corrected chi connectivity index (χ0v) is 21.4. The number of hydrogen-bond donors (Lipinski definition) is 0. The van der Waals surface area contributed by atoms with Gasteiger partial charge in [-0.25, -0.2) is 9.79 Å². The third kappa shape index (κ3) is 7.21. The van der Waals surface area contributed by atoms with Crippen LogP contribution in [0, 0.1) is 13.8 Å². The first-order chi connectivity index (χ1) is 18.0. The lowest BCUT2D eigenvalue weighted by molar-refractivity contribution is -0.129. The zero-order valence-electron chi connectivity index (χ0n) is 21.4. The molecular weight excluding hydrogens is 470 g/mol. The molecule has 0 fully saturated rings. The monoisotopic (exact) mass is 501 g/mol. The molecule has 0 aliphatic carbocycles. The summed E-state index contributed by atoms with van der Waals surface area (Å²) in [5, 5.41) is 0. The number of carbonyl (C=O) groups excluding carboxylic acids is 1. The molecule has 0 spiro atoms. The first kappa shape index (κ1) is 26.0. The molecule has 3 aromatic carbocycles. The number of esters is 1. The van der Waals surface area contributed by atoms with Gasteiger partial charge in [-0.1, -0.05) is 30.3 Å².